The van der Waals surface area contributed by atoms with Gasteiger partial charge in [-0.25, -0.2) is 0 Å². The second kappa shape index (κ2) is 4.20. The van der Waals surface area contributed by atoms with Crippen LogP contribution in [-0.4, -0.2) is 25.3 Å². The molecule has 76 valence electrons. The van der Waals surface area contributed by atoms with Crippen LogP contribution in [0.5, 0.6) is 0 Å². The lowest BCUT2D eigenvalue weighted by Crippen LogP contribution is -2.19. The maximum absolute atomic E-state index is 11.5. The molecule has 0 aromatic heterocycles. The number of hydrogen-bond donors (Lipinski definition) is 0. The molecule has 0 amide bonds. The third kappa shape index (κ3) is 4.39. The van der Waals surface area contributed by atoms with E-state index in [-0.39, 0.29) is 17.5 Å². The van der Waals surface area contributed by atoms with Gasteiger partial charge in [0.15, 0.2) is 6.29 Å². The smallest absolute Gasteiger partial charge is 0.164 e. The Balaban J connectivity index is 2.24. The molecule has 0 unspecified atom stereocenters. The minimum Gasteiger partial charge on any atom is -0.350 e. The average Bonchev–Trinajstić information content (AvgIpc) is 2.34. The van der Waals surface area contributed by atoms with Gasteiger partial charge >= 0.3 is 0 Å². The Labute approximate surface area is 79.4 Å². The van der Waals surface area contributed by atoms with Gasteiger partial charge in [-0.05, 0) is 5.41 Å². The molecule has 0 N–H and O–H groups in total. The normalized spacial score (nSPS) is 19.3. The highest BCUT2D eigenvalue weighted by Gasteiger charge is 2.22. The highest BCUT2D eigenvalue weighted by molar-refractivity contribution is 5.79. The monoisotopic (exact) mass is 186 g/mol. The van der Waals surface area contributed by atoms with Crippen LogP contribution in [0.3, 0.4) is 0 Å². The lowest BCUT2D eigenvalue weighted by molar-refractivity contribution is -0.129. The molecule has 1 fully saturated rings. The van der Waals surface area contributed by atoms with Gasteiger partial charge in [-0.1, -0.05) is 20.8 Å². The predicted octanol–water partition coefficient (Wildman–Crippen LogP) is 1.75. The van der Waals surface area contributed by atoms with Crippen LogP contribution in [0.4, 0.5) is 0 Å². The first-order chi connectivity index (χ1) is 5.97. The Bertz CT molecular complexity index is 175. The molecule has 3 heteroatoms. The Kier molecular flexibility index (Phi) is 3.45. The lowest BCUT2D eigenvalue weighted by Gasteiger charge is -2.17. The highest BCUT2D eigenvalue weighted by atomic mass is 16.7. The largest absolute Gasteiger partial charge is 0.350 e. The second-order valence-electron chi connectivity index (χ2n) is 4.65. The number of carbonyl (C=O) groups is 1. The van der Waals surface area contributed by atoms with Crippen LogP contribution < -0.4 is 0 Å². The van der Waals surface area contributed by atoms with E-state index < -0.39 is 0 Å². The van der Waals surface area contributed by atoms with E-state index in [1.54, 1.807) is 0 Å². The zero-order valence-corrected chi connectivity index (χ0v) is 8.63. The Morgan fingerprint density at radius 2 is 1.85 bits per heavy atom. The molecule has 0 saturated carbocycles. The van der Waals surface area contributed by atoms with Gasteiger partial charge in [0.25, 0.3) is 0 Å². The van der Waals surface area contributed by atoms with Crippen molar-refractivity contribution in [1.82, 2.24) is 0 Å². The molecule has 1 rings (SSSR count). The standard InChI is InChI=1S/C10H18O3/c1-10(2,3)7-8(11)6-9-12-4-5-13-9/h9H,4-7H2,1-3H3. The van der Waals surface area contributed by atoms with E-state index in [1.165, 1.54) is 0 Å². The van der Waals surface area contributed by atoms with Crippen molar-refractivity contribution in [2.45, 2.75) is 39.9 Å². The summed E-state index contributed by atoms with van der Waals surface area (Å²) in [6, 6.07) is 0. The molecule has 0 spiro atoms. The van der Waals surface area contributed by atoms with Gasteiger partial charge in [0, 0.05) is 6.42 Å². The van der Waals surface area contributed by atoms with Gasteiger partial charge < -0.3 is 9.47 Å². The van der Waals surface area contributed by atoms with E-state index in [0.717, 1.165) is 0 Å². The number of Topliss-reactive ketones (excluding diaryl/α,β-unsaturated/α-hetero) is 1. The Morgan fingerprint density at radius 1 is 1.31 bits per heavy atom. The molecule has 0 bridgehead atoms. The zero-order chi connectivity index (χ0) is 9.90. The van der Waals surface area contributed by atoms with Gasteiger partial charge in [0.2, 0.25) is 0 Å². The van der Waals surface area contributed by atoms with Crippen LogP contribution >= 0.6 is 0 Å². The summed E-state index contributed by atoms with van der Waals surface area (Å²) < 4.78 is 10.4. The number of hydrogen-bond acceptors (Lipinski definition) is 3. The third-order valence-corrected chi connectivity index (χ3v) is 1.81. The first-order valence-electron chi connectivity index (χ1n) is 4.72. The summed E-state index contributed by atoms with van der Waals surface area (Å²) in [5, 5.41) is 0. The molecular weight excluding hydrogens is 168 g/mol. The number of ketones is 1. The predicted molar refractivity (Wildman–Crippen MR) is 49.4 cm³/mol. The van der Waals surface area contributed by atoms with Crippen molar-refractivity contribution in [1.29, 1.82) is 0 Å². The van der Waals surface area contributed by atoms with E-state index in [0.29, 0.717) is 26.1 Å². The molecule has 0 aromatic rings. The van der Waals surface area contributed by atoms with Crippen molar-refractivity contribution in [3.8, 4) is 0 Å². The molecule has 0 aliphatic carbocycles. The summed E-state index contributed by atoms with van der Waals surface area (Å²) in [7, 11) is 0. The molecule has 0 atom stereocenters. The van der Waals surface area contributed by atoms with Crippen molar-refractivity contribution in [3.05, 3.63) is 0 Å². The Hall–Kier alpha value is -0.410. The van der Waals surface area contributed by atoms with Crippen molar-refractivity contribution in [2.24, 2.45) is 5.41 Å². The van der Waals surface area contributed by atoms with Gasteiger partial charge in [-0.15, -0.1) is 0 Å². The van der Waals surface area contributed by atoms with Crippen molar-refractivity contribution in [3.63, 3.8) is 0 Å². The van der Waals surface area contributed by atoms with Crippen LogP contribution in [-0.2, 0) is 14.3 Å². The second-order valence-corrected chi connectivity index (χ2v) is 4.65. The summed E-state index contributed by atoms with van der Waals surface area (Å²) in [4.78, 5) is 11.5. The molecule has 0 aromatic carbocycles. The van der Waals surface area contributed by atoms with Gasteiger partial charge in [0.05, 0.1) is 19.6 Å². The zero-order valence-electron chi connectivity index (χ0n) is 8.63. The van der Waals surface area contributed by atoms with E-state index in [2.05, 4.69) is 20.8 Å². The fraction of sp³-hybridized carbons (Fsp3) is 0.900. The highest BCUT2D eigenvalue weighted by Crippen LogP contribution is 2.21. The number of rotatable bonds is 3. The van der Waals surface area contributed by atoms with Crippen LogP contribution in [0.1, 0.15) is 33.6 Å². The molecule has 1 heterocycles. The number of ether oxygens (including phenoxy) is 2. The van der Waals surface area contributed by atoms with E-state index in [9.17, 15) is 4.79 Å². The molecule has 1 saturated heterocycles. The number of carbonyl (C=O) groups excluding carboxylic acids is 1. The van der Waals surface area contributed by atoms with Crippen LogP contribution in [0.2, 0.25) is 0 Å². The Morgan fingerprint density at radius 3 is 2.31 bits per heavy atom. The average molecular weight is 186 g/mol. The third-order valence-electron chi connectivity index (χ3n) is 1.81. The molecular formula is C10H18O3. The fourth-order valence-electron chi connectivity index (χ4n) is 1.37. The fourth-order valence-corrected chi connectivity index (χ4v) is 1.37. The summed E-state index contributed by atoms with van der Waals surface area (Å²) in [6.07, 6.45) is 0.711. The molecule has 3 nitrogen and oxygen atoms in total. The first-order valence-corrected chi connectivity index (χ1v) is 4.72. The van der Waals surface area contributed by atoms with Crippen molar-refractivity contribution < 1.29 is 14.3 Å². The van der Waals surface area contributed by atoms with E-state index in [1.807, 2.05) is 0 Å². The van der Waals surface area contributed by atoms with Crippen molar-refractivity contribution in [2.75, 3.05) is 13.2 Å². The maximum atomic E-state index is 11.5. The molecule has 1 aliphatic heterocycles. The quantitative estimate of drug-likeness (QED) is 0.673. The topological polar surface area (TPSA) is 35.5 Å². The van der Waals surface area contributed by atoms with Crippen LogP contribution in [0.15, 0.2) is 0 Å². The molecule has 1 aliphatic rings. The minimum absolute atomic E-state index is 0.0652. The van der Waals surface area contributed by atoms with E-state index >= 15 is 0 Å². The van der Waals surface area contributed by atoms with E-state index in [4.69, 9.17) is 9.47 Å². The summed E-state index contributed by atoms with van der Waals surface area (Å²) in [6.45, 7) is 7.41. The summed E-state index contributed by atoms with van der Waals surface area (Å²) in [5.74, 6) is 0.222. The van der Waals surface area contributed by atoms with Crippen LogP contribution in [0, 0.1) is 5.41 Å². The van der Waals surface area contributed by atoms with Gasteiger partial charge in [-0.3, -0.25) is 4.79 Å². The molecule has 13 heavy (non-hydrogen) atoms. The van der Waals surface area contributed by atoms with Gasteiger partial charge in [0.1, 0.15) is 5.78 Å². The van der Waals surface area contributed by atoms with Gasteiger partial charge in [-0.2, -0.15) is 0 Å². The molecule has 0 radical (unpaired) electrons. The minimum atomic E-state index is -0.283. The summed E-state index contributed by atoms with van der Waals surface area (Å²) >= 11 is 0. The first kappa shape index (κ1) is 10.7. The van der Waals surface area contributed by atoms with Crippen molar-refractivity contribution >= 4 is 5.78 Å². The maximum Gasteiger partial charge on any atom is 0.164 e. The SMILES string of the molecule is CC(C)(C)CC(=O)CC1OCCO1. The summed E-state index contributed by atoms with van der Waals surface area (Å²) in [5.41, 5.74) is 0.0652. The van der Waals surface area contributed by atoms with Crippen LogP contribution in [0.25, 0.3) is 0 Å². The lowest BCUT2D eigenvalue weighted by atomic mass is 9.89.